The zero-order valence-corrected chi connectivity index (χ0v) is 30.6. The van der Waals surface area contributed by atoms with Crippen molar-refractivity contribution < 1.29 is 62.7 Å². The Bertz CT molecular complexity index is 1770. The Kier molecular flexibility index (Phi) is 12.1. The van der Waals surface area contributed by atoms with Crippen molar-refractivity contribution in [2.75, 3.05) is 0 Å². The van der Waals surface area contributed by atoms with Crippen LogP contribution in [-0.2, 0) is 42.9 Å². The number of ketones is 1. The Morgan fingerprint density at radius 1 is 0.830 bits per heavy atom. The molecule has 1 fully saturated rings. The molecule has 1 aromatic carbocycles. The third kappa shape index (κ3) is 8.71. The molecule has 1 heterocycles. The summed E-state index contributed by atoms with van der Waals surface area (Å²) in [7, 11) is 0. The average molecular weight is 736 g/mol. The number of nitrogens with zero attached hydrogens (tertiary/aromatic N) is 1. The van der Waals surface area contributed by atoms with Gasteiger partial charge in [-0.05, 0) is 31.2 Å². The highest BCUT2D eigenvalue weighted by Crippen LogP contribution is 2.51. The van der Waals surface area contributed by atoms with E-state index in [1.807, 2.05) is 0 Å². The number of hydrogen-bond donors (Lipinski definition) is 2. The first-order valence-electron chi connectivity index (χ1n) is 17.0. The van der Waals surface area contributed by atoms with Gasteiger partial charge >= 0.3 is 29.8 Å². The molecule has 0 radical (unpaired) electrons. The zero-order chi connectivity index (χ0) is 39.5. The summed E-state index contributed by atoms with van der Waals surface area (Å²) in [5.41, 5.74) is -6.22. The highest BCUT2D eigenvalue weighted by molar-refractivity contribution is 5.93. The minimum atomic E-state index is -2.58. The van der Waals surface area contributed by atoms with Gasteiger partial charge in [0.05, 0.1) is 17.0 Å². The maximum atomic E-state index is 14.4. The van der Waals surface area contributed by atoms with E-state index in [9.17, 15) is 39.0 Å². The fourth-order valence-electron chi connectivity index (χ4n) is 7.07. The lowest BCUT2D eigenvalue weighted by atomic mass is 9.72. The van der Waals surface area contributed by atoms with E-state index in [1.165, 1.54) is 62.7 Å². The second-order valence-electron chi connectivity index (χ2n) is 14.2. The topological polar surface area (TPSA) is 202 Å². The molecular weight excluding hydrogens is 690 g/mol. The van der Waals surface area contributed by atoms with Crippen LogP contribution in [0.15, 0.2) is 79.2 Å². The number of hydrogen-bond acceptors (Lipinski definition) is 14. The number of ether oxygens (including phenoxy) is 5. The molecule has 0 saturated heterocycles. The molecule has 4 rings (SSSR count). The second-order valence-corrected chi connectivity index (χ2v) is 14.2. The maximum absolute atomic E-state index is 14.4. The van der Waals surface area contributed by atoms with Crippen LogP contribution >= 0.6 is 0 Å². The molecule has 284 valence electrons. The number of pyridine rings is 1. The van der Waals surface area contributed by atoms with E-state index < -0.39 is 101 Å². The molecule has 0 bridgehead atoms. The first kappa shape index (κ1) is 40.6. The fraction of sp³-hybridized carbons (Fsp3) is 0.462. The van der Waals surface area contributed by atoms with Crippen molar-refractivity contribution in [2.45, 2.75) is 96.6 Å². The average Bonchev–Trinajstić information content (AvgIpc) is 3.29. The highest BCUT2D eigenvalue weighted by Gasteiger charge is 2.68. The quantitative estimate of drug-likeness (QED) is 0.238. The van der Waals surface area contributed by atoms with Crippen molar-refractivity contribution in [2.24, 2.45) is 17.3 Å². The van der Waals surface area contributed by atoms with Gasteiger partial charge in [-0.1, -0.05) is 57.7 Å². The zero-order valence-electron chi connectivity index (χ0n) is 30.6. The Balaban J connectivity index is 2.08. The number of esters is 5. The summed E-state index contributed by atoms with van der Waals surface area (Å²) in [6, 6.07) is 10.5. The minimum Gasteiger partial charge on any atom is -0.458 e. The summed E-state index contributed by atoms with van der Waals surface area (Å²) in [6.45, 7) is 13.4. The molecule has 2 N–H and O–H groups in total. The molecule has 2 aliphatic carbocycles. The van der Waals surface area contributed by atoms with Crippen LogP contribution in [0.4, 0.5) is 0 Å². The third-order valence-corrected chi connectivity index (χ3v) is 9.53. The fourth-order valence-corrected chi connectivity index (χ4v) is 7.07. The Hall–Kier alpha value is -5.21. The van der Waals surface area contributed by atoms with E-state index in [0.29, 0.717) is 0 Å². The van der Waals surface area contributed by atoms with E-state index in [0.717, 1.165) is 20.8 Å². The summed E-state index contributed by atoms with van der Waals surface area (Å²) >= 11 is 0. The van der Waals surface area contributed by atoms with E-state index in [1.54, 1.807) is 32.0 Å². The van der Waals surface area contributed by atoms with Crippen LogP contribution in [0.2, 0.25) is 0 Å². The number of aromatic nitrogens is 1. The largest absolute Gasteiger partial charge is 0.458 e. The molecule has 0 aliphatic heterocycles. The lowest BCUT2D eigenvalue weighted by molar-refractivity contribution is -0.183. The van der Waals surface area contributed by atoms with Gasteiger partial charge in [0, 0.05) is 56.5 Å². The number of aliphatic hydroxyl groups excluding tert-OH is 1. The molecule has 0 amide bonds. The van der Waals surface area contributed by atoms with Gasteiger partial charge in [0.15, 0.2) is 24.1 Å². The monoisotopic (exact) mass is 735 g/mol. The molecule has 14 heteroatoms. The van der Waals surface area contributed by atoms with Crippen molar-refractivity contribution in [3.63, 3.8) is 0 Å². The van der Waals surface area contributed by atoms with Crippen LogP contribution < -0.4 is 0 Å². The first-order valence-corrected chi connectivity index (χ1v) is 17.0. The highest BCUT2D eigenvalue weighted by atomic mass is 16.6. The summed E-state index contributed by atoms with van der Waals surface area (Å²) in [5.74, 6) is -8.34. The summed E-state index contributed by atoms with van der Waals surface area (Å²) in [4.78, 5) is 83.9. The van der Waals surface area contributed by atoms with Gasteiger partial charge in [-0.2, -0.15) is 0 Å². The molecule has 1 aromatic heterocycles. The van der Waals surface area contributed by atoms with Gasteiger partial charge in [-0.15, -0.1) is 0 Å². The second kappa shape index (κ2) is 15.8. The predicted molar refractivity (Wildman–Crippen MR) is 186 cm³/mol. The standard InChI is InChI=1S/C39H45NO13/c1-21-16-17-37(6,7)34(50-24(4)42)31(49-23(3)41)30(52-35(46)26-13-10-9-11-14-26)22(2)29(51-36(47)27-15-12-18-40-19-27)28-33(45)38(8,53-25(5)43)20-39(28,48)32(21)44/h9-19,21,28-31,33-34,45,48H,2,20H2,1,3-8H3. The van der Waals surface area contributed by atoms with Gasteiger partial charge in [-0.3, -0.25) is 24.2 Å². The van der Waals surface area contributed by atoms with Gasteiger partial charge in [0.1, 0.15) is 23.4 Å². The smallest absolute Gasteiger partial charge is 0.340 e. The number of carbonyl (C=O) groups is 6. The van der Waals surface area contributed by atoms with Crippen LogP contribution in [0.3, 0.4) is 0 Å². The number of rotatable bonds is 7. The normalized spacial score (nSPS) is 31.2. The molecular formula is C39H45NO13. The molecule has 9 atom stereocenters. The molecule has 2 aromatic rings. The first-order chi connectivity index (χ1) is 24.7. The van der Waals surface area contributed by atoms with Gasteiger partial charge in [-0.25, -0.2) is 9.59 Å². The lowest BCUT2D eigenvalue weighted by Gasteiger charge is -2.43. The molecule has 9 unspecified atom stereocenters. The van der Waals surface area contributed by atoms with Crippen molar-refractivity contribution in [1.82, 2.24) is 4.98 Å². The van der Waals surface area contributed by atoms with Gasteiger partial charge in [0.2, 0.25) is 0 Å². The predicted octanol–water partition coefficient (Wildman–Crippen LogP) is 3.49. The summed E-state index contributed by atoms with van der Waals surface area (Å²) in [6.07, 6.45) is -3.94. The minimum absolute atomic E-state index is 0.0453. The molecule has 53 heavy (non-hydrogen) atoms. The lowest BCUT2D eigenvalue weighted by Crippen LogP contribution is -2.58. The van der Waals surface area contributed by atoms with Gasteiger partial charge in [0.25, 0.3) is 0 Å². The SMILES string of the molecule is C=C1C(OC(=O)c2ccccc2)C(OC(C)=O)C(OC(C)=O)C(C)(C)C=CC(C)C(=O)C2(O)CC(C)(OC(C)=O)C(O)C2C1OC(=O)c1cccnc1. The van der Waals surface area contributed by atoms with Crippen LogP contribution in [-0.4, -0.2) is 92.5 Å². The van der Waals surface area contributed by atoms with Crippen LogP contribution in [0, 0.1) is 17.3 Å². The van der Waals surface area contributed by atoms with E-state index in [4.69, 9.17) is 23.7 Å². The molecule has 0 spiro atoms. The van der Waals surface area contributed by atoms with Crippen LogP contribution in [0.1, 0.15) is 75.6 Å². The van der Waals surface area contributed by atoms with E-state index in [-0.39, 0.29) is 16.7 Å². The molecule has 1 saturated carbocycles. The summed E-state index contributed by atoms with van der Waals surface area (Å²) in [5, 5.41) is 24.6. The maximum Gasteiger partial charge on any atom is 0.340 e. The van der Waals surface area contributed by atoms with Crippen molar-refractivity contribution in [3.05, 3.63) is 90.3 Å². The van der Waals surface area contributed by atoms with Crippen molar-refractivity contribution in [3.8, 4) is 0 Å². The van der Waals surface area contributed by atoms with E-state index in [2.05, 4.69) is 11.6 Å². The van der Waals surface area contributed by atoms with Crippen LogP contribution in [0.5, 0.6) is 0 Å². The Morgan fingerprint density at radius 3 is 1.98 bits per heavy atom. The third-order valence-electron chi connectivity index (χ3n) is 9.53. The molecule has 2 aliphatic rings. The number of benzene rings is 1. The number of carbonyl (C=O) groups excluding carboxylic acids is 6. The summed E-state index contributed by atoms with van der Waals surface area (Å²) < 4.78 is 29.2. The number of allylic oxidation sites excluding steroid dienone is 1. The number of fused-ring (bicyclic) bond motifs is 1. The molecule has 14 nitrogen and oxygen atoms in total. The van der Waals surface area contributed by atoms with Crippen LogP contribution in [0.25, 0.3) is 0 Å². The number of Topliss-reactive ketones (excluding diaryl/α,β-unsaturated/α-hetero) is 1. The number of aliphatic hydroxyl groups is 2. The Labute approximate surface area is 307 Å². The van der Waals surface area contributed by atoms with Crippen molar-refractivity contribution >= 4 is 35.6 Å². The van der Waals surface area contributed by atoms with Crippen molar-refractivity contribution in [1.29, 1.82) is 0 Å². The van der Waals surface area contributed by atoms with Gasteiger partial charge < -0.3 is 33.9 Å². The Morgan fingerprint density at radius 2 is 1.42 bits per heavy atom. The van der Waals surface area contributed by atoms with E-state index >= 15 is 0 Å².